The lowest BCUT2D eigenvalue weighted by atomic mass is 10.3. The lowest BCUT2D eigenvalue weighted by Crippen LogP contribution is -2.43. The summed E-state index contributed by atoms with van der Waals surface area (Å²) in [7, 11) is 0. The maximum atomic E-state index is 11.1. The van der Waals surface area contributed by atoms with Crippen LogP contribution in [0.1, 0.15) is 6.92 Å². The van der Waals surface area contributed by atoms with Crippen molar-refractivity contribution in [2.24, 2.45) is 0 Å². The molecule has 1 fully saturated rings. The lowest BCUT2D eigenvalue weighted by Gasteiger charge is -2.16. The summed E-state index contributed by atoms with van der Waals surface area (Å²) < 4.78 is 4.66. The molecule has 0 aromatic heterocycles. The predicted octanol–water partition coefficient (Wildman–Crippen LogP) is -0.847. The molecule has 0 aromatic rings. The number of rotatable bonds is 2. The van der Waals surface area contributed by atoms with Gasteiger partial charge in [-0.1, -0.05) is 0 Å². The number of carbonyl (C=O) groups excluding carboxylic acids is 2. The van der Waals surface area contributed by atoms with Gasteiger partial charge in [0.05, 0.1) is 12.7 Å². The minimum Gasteiger partial charge on any atom is -0.463 e. The summed E-state index contributed by atoms with van der Waals surface area (Å²) >= 11 is 0. The highest BCUT2D eigenvalue weighted by Gasteiger charge is 2.14. The van der Waals surface area contributed by atoms with Crippen molar-refractivity contribution in [3.8, 4) is 0 Å². The van der Waals surface area contributed by atoms with E-state index in [0.717, 1.165) is 6.08 Å². The molecule has 0 saturated carbocycles. The van der Waals surface area contributed by atoms with Crippen LogP contribution in [0.15, 0.2) is 11.8 Å². The van der Waals surface area contributed by atoms with Crippen molar-refractivity contribution < 1.29 is 14.3 Å². The van der Waals surface area contributed by atoms with Crippen molar-refractivity contribution in [2.75, 3.05) is 19.7 Å². The fourth-order valence-electron chi connectivity index (χ4n) is 0.967. The van der Waals surface area contributed by atoms with Crippen LogP contribution in [0.2, 0.25) is 0 Å². The number of piperazine rings is 1. The highest BCUT2D eigenvalue weighted by atomic mass is 16.5. The van der Waals surface area contributed by atoms with E-state index >= 15 is 0 Å². The van der Waals surface area contributed by atoms with Gasteiger partial charge >= 0.3 is 5.97 Å². The van der Waals surface area contributed by atoms with Gasteiger partial charge in [-0.3, -0.25) is 4.79 Å². The Balaban J connectivity index is 2.57. The molecule has 5 nitrogen and oxygen atoms in total. The first-order valence-electron chi connectivity index (χ1n) is 4.14. The van der Waals surface area contributed by atoms with Crippen LogP contribution in [0, 0.1) is 0 Å². The Labute approximate surface area is 76.1 Å². The molecule has 1 saturated heterocycles. The summed E-state index contributed by atoms with van der Waals surface area (Å²) in [4.78, 5) is 22.0. The lowest BCUT2D eigenvalue weighted by molar-refractivity contribution is -0.137. The fourth-order valence-corrected chi connectivity index (χ4v) is 0.967. The first-order valence-corrected chi connectivity index (χ1v) is 4.14. The Morgan fingerprint density at radius 1 is 1.54 bits per heavy atom. The van der Waals surface area contributed by atoms with Crippen molar-refractivity contribution in [1.82, 2.24) is 10.6 Å². The molecule has 2 N–H and O–H groups in total. The van der Waals surface area contributed by atoms with Crippen molar-refractivity contribution in [3.05, 3.63) is 11.8 Å². The predicted molar refractivity (Wildman–Crippen MR) is 45.7 cm³/mol. The number of esters is 1. The number of amides is 1. The second kappa shape index (κ2) is 4.49. The molecular formula is C8H12N2O3. The summed E-state index contributed by atoms with van der Waals surface area (Å²) in [5.41, 5.74) is 0.268. The van der Waals surface area contributed by atoms with Crippen LogP contribution in [0.3, 0.4) is 0 Å². The van der Waals surface area contributed by atoms with Gasteiger partial charge in [0, 0.05) is 13.1 Å². The molecule has 0 aliphatic carbocycles. The minimum atomic E-state index is -0.498. The van der Waals surface area contributed by atoms with Gasteiger partial charge in [0.15, 0.2) is 0 Å². The molecule has 72 valence electrons. The molecule has 13 heavy (non-hydrogen) atoms. The van der Waals surface area contributed by atoms with Crippen molar-refractivity contribution in [3.63, 3.8) is 0 Å². The van der Waals surface area contributed by atoms with E-state index < -0.39 is 5.97 Å². The van der Waals surface area contributed by atoms with Crippen molar-refractivity contribution >= 4 is 11.9 Å². The first kappa shape index (κ1) is 9.57. The van der Waals surface area contributed by atoms with E-state index in [1.807, 2.05) is 0 Å². The van der Waals surface area contributed by atoms with Gasteiger partial charge in [-0.2, -0.15) is 0 Å². The number of hydrogen-bond donors (Lipinski definition) is 2. The monoisotopic (exact) mass is 184 g/mol. The molecule has 0 radical (unpaired) electrons. The SMILES string of the molecule is CCOC(=O)/C=C1\NCCNC1=O. The second-order valence-corrected chi connectivity index (χ2v) is 2.49. The summed E-state index contributed by atoms with van der Waals surface area (Å²) in [5, 5.41) is 5.41. The highest BCUT2D eigenvalue weighted by molar-refractivity contribution is 5.99. The zero-order valence-corrected chi connectivity index (χ0v) is 7.42. The van der Waals surface area contributed by atoms with E-state index in [0.29, 0.717) is 19.7 Å². The summed E-state index contributed by atoms with van der Waals surface area (Å²) in [5.74, 6) is -0.763. The van der Waals surface area contributed by atoms with E-state index in [2.05, 4.69) is 15.4 Å². The van der Waals surface area contributed by atoms with Gasteiger partial charge in [0.25, 0.3) is 5.91 Å². The third-order valence-corrected chi connectivity index (χ3v) is 1.52. The maximum absolute atomic E-state index is 11.1. The molecular weight excluding hydrogens is 172 g/mol. The molecule has 5 heteroatoms. The zero-order chi connectivity index (χ0) is 9.68. The molecule has 1 heterocycles. The van der Waals surface area contributed by atoms with E-state index in [-0.39, 0.29) is 11.6 Å². The largest absolute Gasteiger partial charge is 0.463 e. The van der Waals surface area contributed by atoms with Gasteiger partial charge in [-0.15, -0.1) is 0 Å². The average Bonchev–Trinajstić information content (AvgIpc) is 2.09. The third kappa shape index (κ3) is 2.77. The van der Waals surface area contributed by atoms with Crippen LogP contribution in [0.5, 0.6) is 0 Å². The molecule has 0 aromatic carbocycles. The van der Waals surface area contributed by atoms with Gasteiger partial charge in [0.1, 0.15) is 5.70 Å². The Morgan fingerprint density at radius 2 is 2.23 bits per heavy atom. The van der Waals surface area contributed by atoms with Crippen LogP contribution in [0.4, 0.5) is 0 Å². The Kier molecular flexibility index (Phi) is 3.31. The van der Waals surface area contributed by atoms with E-state index in [1.54, 1.807) is 6.92 Å². The minimum absolute atomic E-state index is 0.265. The van der Waals surface area contributed by atoms with Crippen LogP contribution >= 0.6 is 0 Å². The fraction of sp³-hybridized carbons (Fsp3) is 0.500. The number of hydrogen-bond acceptors (Lipinski definition) is 4. The van der Waals surface area contributed by atoms with E-state index in [4.69, 9.17) is 0 Å². The summed E-state index contributed by atoms with van der Waals surface area (Å²) in [6, 6.07) is 0. The Hall–Kier alpha value is -1.52. The molecule has 1 aliphatic rings. The van der Waals surface area contributed by atoms with Crippen LogP contribution in [0.25, 0.3) is 0 Å². The molecule has 1 amide bonds. The Morgan fingerprint density at radius 3 is 2.85 bits per heavy atom. The highest BCUT2D eigenvalue weighted by Crippen LogP contribution is 1.94. The zero-order valence-electron chi connectivity index (χ0n) is 7.42. The standard InChI is InChI=1S/C8H12N2O3/c1-2-13-7(11)5-6-8(12)10-4-3-9-6/h5,9H,2-4H2,1H3,(H,10,12)/b6-5-. The molecule has 1 rings (SSSR count). The summed E-state index contributed by atoms with van der Waals surface area (Å²) in [6.07, 6.45) is 1.16. The number of ether oxygens (including phenoxy) is 1. The topological polar surface area (TPSA) is 67.4 Å². The van der Waals surface area contributed by atoms with Gasteiger partial charge in [-0.05, 0) is 6.92 Å². The molecule has 0 unspecified atom stereocenters. The van der Waals surface area contributed by atoms with Crippen LogP contribution in [-0.4, -0.2) is 31.6 Å². The van der Waals surface area contributed by atoms with Crippen LogP contribution < -0.4 is 10.6 Å². The molecule has 0 spiro atoms. The number of carbonyl (C=O) groups is 2. The third-order valence-electron chi connectivity index (χ3n) is 1.52. The van der Waals surface area contributed by atoms with Crippen molar-refractivity contribution in [1.29, 1.82) is 0 Å². The number of nitrogens with one attached hydrogen (secondary N) is 2. The van der Waals surface area contributed by atoms with Crippen LogP contribution in [-0.2, 0) is 14.3 Å². The van der Waals surface area contributed by atoms with E-state index in [1.165, 1.54) is 0 Å². The van der Waals surface area contributed by atoms with Crippen molar-refractivity contribution in [2.45, 2.75) is 6.92 Å². The van der Waals surface area contributed by atoms with E-state index in [9.17, 15) is 9.59 Å². The quantitative estimate of drug-likeness (QED) is 0.433. The van der Waals surface area contributed by atoms with Gasteiger partial charge in [-0.25, -0.2) is 4.79 Å². The average molecular weight is 184 g/mol. The smallest absolute Gasteiger partial charge is 0.333 e. The van der Waals surface area contributed by atoms with Gasteiger partial charge in [0.2, 0.25) is 0 Å². The Bertz CT molecular complexity index is 248. The maximum Gasteiger partial charge on any atom is 0.333 e. The summed E-state index contributed by atoms with van der Waals surface area (Å²) in [6.45, 7) is 3.24. The van der Waals surface area contributed by atoms with Gasteiger partial charge < -0.3 is 15.4 Å². The normalized spacial score (nSPS) is 19.2. The second-order valence-electron chi connectivity index (χ2n) is 2.49. The first-order chi connectivity index (χ1) is 6.24. The molecule has 1 aliphatic heterocycles. The molecule has 0 atom stereocenters. The molecule has 0 bridgehead atoms.